The molecule has 0 atom stereocenters. The summed E-state index contributed by atoms with van der Waals surface area (Å²) in [7, 11) is -1.73. The number of rotatable bonds is 8. The molecule has 0 saturated heterocycles. The van der Waals surface area contributed by atoms with Crippen molar-refractivity contribution in [3.8, 4) is 5.75 Å². The van der Waals surface area contributed by atoms with Crippen LogP contribution < -0.4 is 9.46 Å². The molecular formula is C17H21NO3S. The van der Waals surface area contributed by atoms with E-state index in [4.69, 9.17) is 4.74 Å². The topological polar surface area (TPSA) is 55.4 Å². The minimum absolute atomic E-state index is 0.305. The lowest BCUT2D eigenvalue weighted by Crippen LogP contribution is -2.24. The zero-order chi connectivity index (χ0) is 15.8. The van der Waals surface area contributed by atoms with Crippen LogP contribution in [0.5, 0.6) is 5.75 Å². The Morgan fingerprint density at radius 2 is 1.64 bits per heavy atom. The van der Waals surface area contributed by atoms with Gasteiger partial charge in [0.2, 0.25) is 10.0 Å². The van der Waals surface area contributed by atoms with Crippen LogP contribution >= 0.6 is 0 Å². The second-order valence-corrected chi connectivity index (χ2v) is 6.75. The number of ether oxygens (including phenoxy) is 1. The van der Waals surface area contributed by atoms with E-state index in [2.05, 4.69) is 4.72 Å². The van der Waals surface area contributed by atoms with Gasteiger partial charge in [-0.05, 0) is 43.0 Å². The normalized spacial score (nSPS) is 11.3. The van der Waals surface area contributed by atoms with E-state index in [9.17, 15) is 8.42 Å². The standard InChI is InChI=1S/C17H21NO3S/c1-21-17-13-6-5-9-15(17)10-7-8-14-18-22(19,20)16-11-3-2-4-12-16/h2-6,9,11-13,18H,7-8,10,14H2,1H3. The van der Waals surface area contributed by atoms with Crippen molar-refractivity contribution in [2.75, 3.05) is 13.7 Å². The molecule has 0 heterocycles. The fourth-order valence-electron chi connectivity index (χ4n) is 2.24. The molecule has 0 amide bonds. The van der Waals surface area contributed by atoms with Gasteiger partial charge in [-0.3, -0.25) is 0 Å². The Hall–Kier alpha value is -1.85. The first kappa shape index (κ1) is 16.5. The molecule has 0 aliphatic carbocycles. The molecule has 1 N–H and O–H groups in total. The quantitative estimate of drug-likeness (QED) is 0.761. The maximum atomic E-state index is 12.0. The van der Waals surface area contributed by atoms with Gasteiger partial charge in [0.15, 0.2) is 0 Å². The number of unbranched alkanes of at least 4 members (excludes halogenated alkanes) is 1. The number of sulfonamides is 1. The van der Waals surface area contributed by atoms with Crippen molar-refractivity contribution in [1.82, 2.24) is 4.72 Å². The zero-order valence-electron chi connectivity index (χ0n) is 12.7. The molecule has 0 unspecified atom stereocenters. The lowest BCUT2D eigenvalue weighted by molar-refractivity contribution is 0.409. The van der Waals surface area contributed by atoms with Crippen molar-refractivity contribution in [3.05, 3.63) is 60.2 Å². The lowest BCUT2D eigenvalue weighted by atomic mass is 10.1. The number of hydrogen-bond donors (Lipinski definition) is 1. The molecule has 0 saturated carbocycles. The average Bonchev–Trinajstić information content (AvgIpc) is 2.55. The summed E-state index contributed by atoms with van der Waals surface area (Å²) in [4.78, 5) is 0.305. The van der Waals surface area contributed by atoms with Gasteiger partial charge >= 0.3 is 0 Å². The van der Waals surface area contributed by atoms with E-state index < -0.39 is 10.0 Å². The summed E-state index contributed by atoms with van der Waals surface area (Å²) in [5, 5.41) is 0. The fourth-order valence-corrected chi connectivity index (χ4v) is 3.33. The zero-order valence-corrected chi connectivity index (χ0v) is 13.5. The molecule has 0 spiro atoms. The van der Waals surface area contributed by atoms with Crippen LogP contribution in [0.15, 0.2) is 59.5 Å². The van der Waals surface area contributed by atoms with Crippen LogP contribution in [0.4, 0.5) is 0 Å². The van der Waals surface area contributed by atoms with E-state index in [0.717, 1.165) is 30.6 Å². The summed E-state index contributed by atoms with van der Waals surface area (Å²) in [6.07, 6.45) is 2.55. The highest BCUT2D eigenvalue weighted by atomic mass is 32.2. The Morgan fingerprint density at radius 3 is 2.36 bits per heavy atom. The molecule has 2 rings (SSSR count). The maximum absolute atomic E-state index is 12.0. The monoisotopic (exact) mass is 319 g/mol. The molecule has 5 heteroatoms. The molecule has 4 nitrogen and oxygen atoms in total. The van der Waals surface area contributed by atoms with Gasteiger partial charge in [-0.15, -0.1) is 0 Å². The summed E-state index contributed by atoms with van der Waals surface area (Å²) in [5.74, 6) is 0.882. The third-order valence-corrected chi connectivity index (χ3v) is 4.89. The second-order valence-electron chi connectivity index (χ2n) is 4.98. The van der Waals surface area contributed by atoms with E-state index in [-0.39, 0.29) is 0 Å². The molecule has 0 aliphatic rings. The predicted octanol–water partition coefficient (Wildman–Crippen LogP) is 3.00. The van der Waals surface area contributed by atoms with Crippen molar-refractivity contribution >= 4 is 10.0 Å². The third kappa shape index (κ3) is 4.58. The summed E-state index contributed by atoms with van der Waals surface area (Å²) >= 11 is 0. The van der Waals surface area contributed by atoms with Crippen LogP contribution in [-0.4, -0.2) is 22.1 Å². The summed E-state index contributed by atoms with van der Waals surface area (Å²) < 4.78 is 32.0. The first-order valence-electron chi connectivity index (χ1n) is 7.30. The molecule has 0 fully saturated rings. The Morgan fingerprint density at radius 1 is 0.955 bits per heavy atom. The van der Waals surface area contributed by atoms with Gasteiger partial charge in [0, 0.05) is 6.54 Å². The van der Waals surface area contributed by atoms with Gasteiger partial charge in [-0.2, -0.15) is 0 Å². The van der Waals surface area contributed by atoms with Crippen LogP contribution in [0.3, 0.4) is 0 Å². The fraction of sp³-hybridized carbons (Fsp3) is 0.294. The SMILES string of the molecule is COc1ccccc1CCCCNS(=O)(=O)c1ccccc1. The van der Waals surface area contributed by atoms with Gasteiger partial charge < -0.3 is 4.74 Å². The molecular weight excluding hydrogens is 298 g/mol. The Bertz CT molecular complexity index is 684. The van der Waals surface area contributed by atoms with Crippen LogP contribution in [0.25, 0.3) is 0 Å². The molecule has 0 aromatic heterocycles. The molecule has 2 aromatic carbocycles. The van der Waals surface area contributed by atoms with E-state index in [1.807, 2.05) is 24.3 Å². The number of aryl methyl sites for hydroxylation is 1. The van der Waals surface area contributed by atoms with Crippen molar-refractivity contribution in [1.29, 1.82) is 0 Å². The second kappa shape index (κ2) is 7.96. The first-order chi connectivity index (χ1) is 10.6. The molecule has 22 heavy (non-hydrogen) atoms. The minimum atomic E-state index is -3.39. The smallest absolute Gasteiger partial charge is 0.240 e. The van der Waals surface area contributed by atoms with Gasteiger partial charge in [0.25, 0.3) is 0 Å². The molecule has 118 valence electrons. The van der Waals surface area contributed by atoms with E-state index in [1.165, 1.54) is 0 Å². The summed E-state index contributed by atoms with van der Waals surface area (Å²) in [5.41, 5.74) is 1.15. The molecule has 0 bridgehead atoms. The van der Waals surface area contributed by atoms with Gasteiger partial charge in [0.1, 0.15) is 5.75 Å². The van der Waals surface area contributed by atoms with Crippen molar-refractivity contribution in [2.45, 2.75) is 24.2 Å². The minimum Gasteiger partial charge on any atom is -0.496 e. The molecule has 2 aromatic rings. The highest BCUT2D eigenvalue weighted by Crippen LogP contribution is 2.19. The predicted molar refractivity (Wildman–Crippen MR) is 87.6 cm³/mol. The van der Waals surface area contributed by atoms with Gasteiger partial charge in [-0.25, -0.2) is 13.1 Å². The van der Waals surface area contributed by atoms with Crippen LogP contribution in [-0.2, 0) is 16.4 Å². The largest absolute Gasteiger partial charge is 0.496 e. The highest BCUT2D eigenvalue weighted by Gasteiger charge is 2.11. The Labute approximate surface area is 132 Å². The Balaban J connectivity index is 1.78. The maximum Gasteiger partial charge on any atom is 0.240 e. The van der Waals surface area contributed by atoms with Crippen LogP contribution in [0, 0.1) is 0 Å². The van der Waals surface area contributed by atoms with Crippen LogP contribution in [0.1, 0.15) is 18.4 Å². The molecule has 0 aliphatic heterocycles. The number of para-hydroxylation sites is 1. The average molecular weight is 319 g/mol. The number of nitrogens with one attached hydrogen (secondary N) is 1. The van der Waals surface area contributed by atoms with E-state index in [0.29, 0.717) is 11.4 Å². The first-order valence-corrected chi connectivity index (χ1v) is 8.78. The number of methoxy groups -OCH3 is 1. The lowest BCUT2D eigenvalue weighted by Gasteiger charge is -2.09. The van der Waals surface area contributed by atoms with Gasteiger partial charge in [0.05, 0.1) is 12.0 Å². The van der Waals surface area contributed by atoms with Crippen LogP contribution in [0.2, 0.25) is 0 Å². The molecule has 0 radical (unpaired) electrons. The summed E-state index contributed by atoms with van der Waals surface area (Å²) in [6.45, 7) is 0.437. The summed E-state index contributed by atoms with van der Waals surface area (Å²) in [6, 6.07) is 16.3. The van der Waals surface area contributed by atoms with Gasteiger partial charge in [-0.1, -0.05) is 36.4 Å². The van der Waals surface area contributed by atoms with Crippen molar-refractivity contribution in [3.63, 3.8) is 0 Å². The third-order valence-electron chi connectivity index (χ3n) is 3.41. The number of benzene rings is 2. The van der Waals surface area contributed by atoms with Crippen molar-refractivity contribution in [2.24, 2.45) is 0 Å². The highest BCUT2D eigenvalue weighted by molar-refractivity contribution is 7.89. The van der Waals surface area contributed by atoms with E-state index >= 15 is 0 Å². The van der Waals surface area contributed by atoms with E-state index in [1.54, 1.807) is 37.4 Å². The number of hydrogen-bond acceptors (Lipinski definition) is 3. The van der Waals surface area contributed by atoms with Crippen molar-refractivity contribution < 1.29 is 13.2 Å². The Kier molecular flexibility index (Phi) is 5.98.